The quantitative estimate of drug-likeness (QED) is 0.890. The lowest BCUT2D eigenvalue weighted by molar-refractivity contribution is 0.557. The zero-order valence-corrected chi connectivity index (χ0v) is 10.9. The molecule has 2 N–H and O–H groups in total. The van der Waals surface area contributed by atoms with Crippen molar-refractivity contribution in [1.82, 2.24) is 5.32 Å². The lowest BCUT2D eigenvalue weighted by atomic mass is 9.98. The van der Waals surface area contributed by atoms with Crippen molar-refractivity contribution in [2.75, 3.05) is 11.9 Å². The molecule has 1 aromatic carbocycles. The highest BCUT2D eigenvalue weighted by Gasteiger charge is 2.24. The maximum absolute atomic E-state index is 3.64. The maximum Gasteiger partial charge on any atom is 0.0519 e. The fraction of sp³-hybridized carbons (Fsp3) is 0.538. The summed E-state index contributed by atoms with van der Waals surface area (Å²) in [4.78, 5) is 0. The molecule has 0 bridgehead atoms. The van der Waals surface area contributed by atoms with Crippen LogP contribution in [0.2, 0.25) is 0 Å². The van der Waals surface area contributed by atoms with E-state index in [-0.39, 0.29) is 0 Å². The number of nitrogens with one attached hydrogen (secondary N) is 2. The molecular weight excluding hydrogens is 264 g/mol. The summed E-state index contributed by atoms with van der Waals surface area (Å²) in [5.41, 5.74) is 2.74. The molecule has 1 saturated carbocycles. The van der Waals surface area contributed by atoms with Crippen LogP contribution in [0.3, 0.4) is 0 Å². The van der Waals surface area contributed by atoms with Crippen molar-refractivity contribution in [1.29, 1.82) is 0 Å². The van der Waals surface area contributed by atoms with Crippen LogP contribution in [0.5, 0.6) is 0 Å². The van der Waals surface area contributed by atoms with Gasteiger partial charge in [0.05, 0.1) is 5.69 Å². The Hall–Kier alpha value is -0.540. The second kappa shape index (κ2) is 4.38. The van der Waals surface area contributed by atoms with Gasteiger partial charge < -0.3 is 10.6 Å². The van der Waals surface area contributed by atoms with Crippen LogP contribution >= 0.6 is 15.9 Å². The van der Waals surface area contributed by atoms with Crippen LogP contribution in [0.4, 0.5) is 5.69 Å². The second-order valence-corrected chi connectivity index (χ2v) is 5.69. The van der Waals surface area contributed by atoms with Gasteiger partial charge in [-0.05, 0) is 53.2 Å². The number of benzene rings is 1. The predicted octanol–water partition coefficient (Wildman–Crippen LogP) is 2.93. The summed E-state index contributed by atoms with van der Waals surface area (Å²) < 4.78 is 1.20. The van der Waals surface area contributed by atoms with E-state index < -0.39 is 0 Å². The summed E-state index contributed by atoms with van der Waals surface area (Å²) >= 11 is 3.62. The molecule has 3 rings (SSSR count). The van der Waals surface area contributed by atoms with Gasteiger partial charge in [-0.1, -0.05) is 12.1 Å². The van der Waals surface area contributed by atoms with E-state index in [0.29, 0.717) is 6.04 Å². The summed E-state index contributed by atoms with van der Waals surface area (Å²) in [6.07, 6.45) is 5.17. The Labute approximate surface area is 105 Å². The number of aryl methyl sites for hydroxylation is 1. The number of fused-ring (bicyclic) bond motifs is 1. The van der Waals surface area contributed by atoms with Gasteiger partial charge >= 0.3 is 0 Å². The number of hydrogen-bond donors (Lipinski definition) is 2. The molecule has 16 heavy (non-hydrogen) atoms. The number of anilines is 1. The third-order valence-electron chi connectivity index (χ3n) is 3.44. The minimum atomic E-state index is 0.590. The maximum atomic E-state index is 3.64. The largest absolute Gasteiger partial charge is 0.380 e. The van der Waals surface area contributed by atoms with Crippen molar-refractivity contribution in [2.45, 2.75) is 37.8 Å². The van der Waals surface area contributed by atoms with Crippen LogP contribution in [0.1, 0.15) is 24.8 Å². The van der Waals surface area contributed by atoms with Crippen LogP contribution in [0.25, 0.3) is 0 Å². The van der Waals surface area contributed by atoms with Gasteiger partial charge in [-0.3, -0.25) is 0 Å². The van der Waals surface area contributed by atoms with Crippen LogP contribution in [0.15, 0.2) is 22.7 Å². The zero-order chi connectivity index (χ0) is 11.0. The fourth-order valence-electron chi connectivity index (χ4n) is 2.29. The summed E-state index contributed by atoms with van der Waals surface area (Å²) in [5.74, 6) is 0. The Bertz CT molecular complexity index is 388. The molecule has 2 nitrogen and oxygen atoms in total. The first-order valence-corrected chi connectivity index (χ1v) is 6.89. The SMILES string of the molecule is Brc1cccc2c1NC(CNC1CC1)CC2. The van der Waals surface area contributed by atoms with E-state index in [4.69, 9.17) is 0 Å². The average molecular weight is 281 g/mol. The zero-order valence-electron chi connectivity index (χ0n) is 9.30. The monoisotopic (exact) mass is 280 g/mol. The third kappa shape index (κ3) is 2.25. The van der Waals surface area contributed by atoms with Gasteiger partial charge in [0, 0.05) is 23.1 Å². The number of para-hydroxylation sites is 1. The van der Waals surface area contributed by atoms with Crippen molar-refractivity contribution in [3.63, 3.8) is 0 Å². The molecule has 1 heterocycles. The minimum Gasteiger partial charge on any atom is -0.380 e. The molecule has 0 spiro atoms. The van der Waals surface area contributed by atoms with E-state index in [1.807, 2.05) is 0 Å². The first kappa shape index (κ1) is 10.6. The molecular formula is C13H17BrN2. The molecule has 2 aliphatic rings. The van der Waals surface area contributed by atoms with Crippen molar-refractivity contribution >= 4 is 21.6 Å². The van der Waals surface area contributed by atoms with Crippen molar-refractivity contribution in [2.24, 2.45) is 0 Å². The van der Waals surface area contributed by atoms with Crippen molar-refractivity contribution in [3.8, 4) is 0 Å². The van der Waals surface area contributed by atoms with E-state index in [9.17, 15) is 0 Å². The lowest BCUT2D eigenvalue weighted by Gasteiger charge is -2.28. The van der Waals surface area contributed by atoms with Gasteiger partial charge in [-0.2, -0.15) is 0 Å². The average Bonchev–Trinajstić information content (AvgIpc) is 3.11. The Kier molecular flexibility index (Phi) is 2.90. The second-order valence-electron chi connectivity index (χ2n) is 4.84. The van der Waals surface area contributed by atoms with Crippen LogP contribution in [-0.4, -0.2) is 18.6 Å². The summed E-state index contributed by atoms with van der Waals surface area (Å²) in [5, 5.41) is 7.24. The van der Waals surface area contributed by atoms with Gasteiger partial charge in [0.2, 0.25) is 0 Å². The Morgan fingerprint density at radius 1 is 1.31 bits per heavy atom. The summed E-state index contributed by atoms with van der Waals surface area (Å²) in [6.45, 7) is 1.10. The highest BCUT2D eigenvalue weighted by molar-refractivity contribution is 9.10. The Morgan fingerprint density at radius 3 is 3.00 bits per heavy atom. The van der Waals surface area contributed by atoms with Crippen LogP contribution in [-0.2, 0) is 6.42 Å². The predicted molar refractivity (Wildman–Crippen MR) is 70.9 cm³/mol. The Morgan fingerprint density at radius 2 is 2.19 bits per heavy atom. The van der Waals surface area contributed by atoms with Gasteiger partial charge in [0.1, 0.15) is 0 Å². The summed E-state index contributed by atoms with van der Waals surface area (Å²) in [7, 11) is 0. The molecule has 0 aromatic heterocycles. The molecule has 1 unspecified atom stereocenters. The molecule has 3 heteroatoms. The lowest BCUT2D eigenvalue weighted by Crippen LogP contribution is -2.36. The van der Waals surface area contributed by atoms with Crippen molar-refractivity contribution in [3.05, 3.63) is 28.2 Å². The molecule has 1 fully saturated rings. The topological polar surface area (TPSA) is 24.1 Å². The normalized spacial score (nSPS) is 23.7. The van der Waals surface area contributed by atoms with Gasteiger partial charge in [-0.25, -0.2) is 0 Å². The molecule has 0 saturated heterocycles. The molecule has 1 aliphatic heterocycles. The van der Waals surface area contributed by atoms with Crippen LogP contribution in [0, 0.1) is 0 Å². The molecule has 1 aliphatic carbocycles. The number of rotatable bonds is 3. The molecule has 1 aromatic rings. The van der Waals surface area contributed by atoms with Gasteiger partial charge in [0.15, 0.2) is 0 Å². The van der Waals surface area contributed by atoms with E-state index in [0.717, 1.165) is 12.6 Å². The van der Waals surface area contributed by atoms with E-state index >= 15 is 0 Å². The highest BCUT2D eigenvalue weighted by Crippen LogP contribution is 2.32. The first-order valence-electron chi connectivity index (χ1n) is 6.10. The van der Waals surface area contributed by atoms with Crippen molar-refractivity contribution < 1.29 is 0 Å². The number of halogens is 1. The van der Waals surface area contributed by atoms with E-state index in [1.165, 1.54) is 41.4 Å². The number of hydrogen-bond acceptors (Lipinski definition) is 2. The van der Waals surface area contributed by atoms with Gasteiger partial charge in [0.25, 0.3) is 0 Å². The first-order chi connectivity index (χ1) is 7.83. The summed E-state index contributed by atoms with van der Waals surface area (Å²) in [6, 6.07) is 7.85. The molecule has 0 radical (unpaired) electrons. The smallest absolute Gasteiger partial charge is 0.0519 e. The van der Waals surface area contributed by atoms with E-state index in [2.05, 4.69) is 44.8 Å². The highest BCUT2D eigenvalue weighted by atomic mass is 79.9. The molecule has 1 atom stereocenters. The van der Waals surface area contributed by atoms with E-state index in [1.54, 1.807) is 0 Å². The fourth-order valence-corrected chi connectivity index (χ4v) is 2.82. The third-order valence-corrected chi connectivity index (χ3v) is 4.10. The van der Waals surface area contributed by atoms with Crippen LogP contribution < -0.4 is 10.6 Å². The van der Waals surface area contributed by atoms with Gasteiger partial charge in [-0.15, -0.1) is 0 Å². The Balaban J connectivity index is 1.67. The molecule has 0 amide bonds. The standard InChI is InChI=1S/C13H17BrN2/c14-12-3-1-2-9-4-5-11(16-13(9)12)8-15-10-6-7-10/h1-3,10-11,15-16H,4-8H2. The molecule has 86 valence electrons. The minimum absolute atomic E-state index is 0.590.